The van der Waals surface area contributed by atoms with E-state index < -0.39 is 49.5 Å². The number of amides is 1. The Bertz CT molecular complexity index is 1310. The quantitative estimate of drug-likeness (QED) is 0.0196. The smallest absolute Gasteiger partial charge is 0.305 e. The molecule has 0 aromatic rings. The summed E-state index contributed by atoms with van der Waals surface area (Å²) in [6.45, 7) is 4.20. The van der Waals surface area contributed by atoms with Crippen LogP contribution in [-0.2, 0) is 23.8 Å². The molecule has 68 heavy (non-hydrogen) atoms. The monoisotopic (exact) mass is 960 g/mol. The van der Waals surface area contributed by atoms with Gasteiger partial charge in [-0.05, 0) is 77.0 Å². The van der Waals surface area contributed by atoms with Crippen LogP contribution >= 0.6 is 0 Å². The number of carbonyl (C=O) groups is 2. The van der Waals surface area contributed by atoms with E-state index in [1.807, 2.05) is 18.2 Å². The van der Waals surface area contributed by atoms with Gasteiger partial charge in [-0.1, -0.05) is 197 Å². The lowest BCUT2D eigenvalue weighted by Crippen LogP contribution is -2.60. The Labute approximate surface area is 414 Å². The highest BCUT2D eigenvalue weighted by molar-refractivity contribution is 5.76. The van der Waals surface area contributed by atoms with E-state index in [-0.39, 0.29) is 24.9 Å². The van der Waals surface area contributed by atoms with Gasteiger partial charge in [-0.3, -0.25) is 9.59 Å². The van der Waals surface area contributed by atoms with Crippen LogP contribution in [0.25, 0.3) is 0 Å². The molecule has 11 heteroatoms. The molecule has 1 amide bonds. The lowest BCUT2D eigenvalue weighted by Gasteiger charge is -2.40. The Morgan fingerprint density at radius 3 is 1.57 bits per heavy atom. The van der Waals surface area contributed by atoms with E-state index >= 15 is 0 Å². The van der Waals surface area contributed by atoms with Crippen LogP contribution in [0, 0.1) is 0 Å². The van der Waals surface area contributed by atoms with Gasteiger partial charge in [0.1, 0.15) is 24.4 Å². The summed E-state index contributed by atoms with van der Waals surface area (Å²) in [6, 6.07) is -0.879. The van der Waals surface area contributed by atoms with E-state index in [0.29, 0.717) is 25.9 Å². The zero-order valence-electron chi connectivity index (χ0n) is 43.0. The third-order valence-corrected chi connectivity index (χ3v) is 12.6. The third kappa shape index (κ3) is 36.3. The number of aliphatic hydroxyl groups is 5. The number of ether oxygens (including phenoxy) is 3. The predicted octanol–water partition coefficient (Wildman–Crippen LogP) is 11.9. The minimum Gasteiger partial charge on any atom is -0.466 e. The first kappa shape index (κ1) is 63.4. The van der Waals surface area contributed by atoms with Crippen LogP contribution in [0.3, 0.4) is 0 Å². The molecule has 7 atom stereocenters. The van der Waals surface area contributed by atoms with E-state index in [9.17, 15) is 35.1 Å². The molecule has 394 valence electrons. The second-order valence-corrected chi connectivity index (χ2v) is 18.9. The maximum atomic E-state index is 13.0. The fraction of sp³-hybridized carbons (Fsp3) is 0.789. The molecule has 1 aliphatic heterocycles. The highest BCUT2D eigenvalue weighted by Gasteiger charge is 2.44. The van der Waals surface area contributed by atoms with Crippen molar-refractivity contribution in [1.29, 1.82) is 0 Å². The summed E-state index contributed by atoms with van der Waals surface area (Å²) in [5, 5.41) is 54.2. The van der Waals surface area contributed by atoms with Crippen molar-refractivity contribution in [3.63, 3.8) is 0 Å². The van der Waals surface area contributed by atoms with Gasteiger partial charge in [-0.2, -0.15) is 0 Å². The van der Waals surface area contributed by atoms with Crippen LogP contribution in [-0.4, -0.2) is 100 Å². The van der Waals surface area contributed by atoms with Gasteiger partial charge in [0.25, 0.3) is 0 Å². The van der Waals surface area contributed by atoms with Crippen molar-refractivity contribution in [2.75, 3.05) is 19.8 Å². The normalized spacial score (nSPS) is 19.9. The van der Waals surface area contributed by atoms with Gasteiger partial charge in [0.2, 0.25) is 5.91 Å². The average Bonchev–Trinajstić information content (AvgIpc) is 3.33. The lowest BCUT2D eigenvalue weighted by atomic mass is 9.99. The maximum Gasteiger partial charge on any atom is 0.305 e. The Morgan fingerprint density at radius 1 is 0.544 bits per heavy atom. The minimum absolute atomic E-state index is 0.0412. The summed E-state index contributed by atoms with van der Waals surface area (Å²) >= 11 is 0. The van der Waals surface area contributed by atoms with Crippen molar-refractivity contribution in [2.45, 2.75) is 269 Å². The van der Waals surface area contributed by atoms with Gasteiger partial charge < -0.3 is 45.1 Å². The number of nitrogens with one attached hydrogen (secondary N) is 1. The van der Waals surface area contributed by atoms with Crippen LogP contribution in [0.15, 0.2) is 60.8 Å². The van der Waals surface area contributed by atoms with Crippen LogP contribution in [0.5, 0.6) is 0 Å². The van der Waals surface area contributed by atoms with E-state index in [0.717, 1.165) is 77.0 Å². The topological polar surface area (TPSA) is 175 Å². The summed E-state index contributed by atoms with van der Waals surface area (Å²) in [4.78, 5) is 25.0. The summed E-state index contributed by atoms with van der Waals surface area (Å²) in [5.74, 6) is -0.319. The van der Waals surface area contributed by atoms with Gasteiger partial charge in [0.05, 0.1) is 32.0 Å². The molecule has 0 bridgehead atoms. The maximum absolute atomic E-state index is 13.0. The first-order valence-electron chi connectivity index (χ1n) is 27.6. The molecule has 1 heterocycles. The van der Waals surface area contributed by atoms with Crippen molar-refractivity contribution in [3.05, 3.63) is 60.8 Å². The molecule has 0 saturated carbocycles. The molecule has 0 aromatic carbocycles. The number of allylic oxidation sites excluding steroid dienone is 9. The van der Waals surface area contributed by atoms with Crippen LogP contribution < -0.4 is 5.32 Å². The number of rotatable bonds is 46. The summed E-state index contributed by atoms with van der Waals surface area (Å²) in [5.41, 5.74) is 0. The Balaban J connectivity index is 2.27. The number of esters is 1. The van der Waals surface area contributed by atoms with Crippen LogP contribution in [0.1, 0.15) is 226 Å². The molecule has 6 N–H and O–H groups in total. The van der Waals surface area contributed by atoms with Crippen molar-refractivity contribution >= 4 is 11.9 Å². The molecule has 0 aliphatic carbocycles. The largest absolute Gasteiger partial charge is 0.466 e. The Morgan fingerprint density at radius 2 is 1.01 bits per heavy atom. The van der Waals surface area contributed by atoms with E-state index in [4.69, 9.17) is 14.2 Å². The van der Waals surface area contributed by atoms with Gasteiger partial charge in [0, 0.05) is 12.8 Å². The zero-order chi connectivity index (χ0) is 49.6. The average molecular weight is 960 g/mol. The predicted molar refractivity (Wildman–Crippen MR) is 278 cm³/mol. The first-order valence-corrected chi connectivity index (χ1v) is 27.6. The van der Waals surface area contributed by atoms with Crippen molar-refractivity contribution < 1.29 is 49.3 Å². The number of carbonyl (C=O) groups excluding carboxylic acids is 2. The molecule has 0 radical (unpaired) electrons. The van der Waals surface area contributed by atoms with Crippen molar-refractivity contribution in [2.24, 2.45) is 0 Å². The fourth-order valence-corrected chi connectivity index (χ4v) is 8.16. The van der Waals surface area contributed by atoms with Crippen molar-refractivity contribution in [1.82, 2.24) is 5.32 Å². The standard InChI is InChI=1S/C57H101NO10/c1-3-5-7-9-11-13-15-17-18-20-23-27-31-35-39-43-50(60)49(48-67-57-56(65)55(64)54(63)51(47-59)68-57)58-52(61)44-40-36-32-28-24-21-19-22-26-30-34-38-42-46-66-53(62)45-41-37-33-29-25-16-14-12-10-8-6-4-2/h15,17,21,23-24,27,32,36,39,43,49-51,54-57,59-60,63-65H,3-14,16,18-20,22,25-26,28-31,33-35,37-38,40-42,44-48H2,1-2H3,(H,58,61)/b17-15+,24-21-,27-23+,36-32-,43-39+. The lowest BCUT2D eigenvalue weighted by molar-refractivity contribution is -0.302. The molecular formula is C57H101NO10. The molecule has 0 spiro atoms. The van der Waals surface area contributed by atoms with E-state index in [2.05, 4.69) is 55.6 Å². The Kier molecular flexibility index (Phi) is 43.5. The highest BCUT2D eigenvalue weighted by atomic mass is 16.7. The van der Waals surface area contributed by atoms with Gasteiger partial charge in [-0.25, -0.2) is 0 Å². The minimum atomic E-state index is -1.60. The Hall–Kier alpha value is -2.64. The summed E-state index contributed by atoms with van der Waals surface area (Å²) in [6.07, 6.45) is 48.8. The molecule has 1 fully saturated rings. The number of unbranched alkanes of at least 4 members (excludes halogenated alkanes) is 24. The van der Waals surface area contributed by atoms with Crippen LogP contribution in [0.2, 0.25) is 0 Å². The molecule has 0 aromatic heterocycles. The fourth-order valence-electron chi connectivity index (χ4n) is 8.16. The molecular weight excluding hydrogens is 859 g/mol. The van der Waals surface area contributed by atoms with E-state index in [1.54, 1.807) is 6.08 Å². The zero-order valence-corrected chi connectivity index (χ0v) is 43.0. The van der Waals surface area contributed by atoms with E-state index in [1.165, 1.54) is 109 Å². The first-order chi connectivity index (χ1) is 33.2. The number of aliphatic hydroxyl groups excluding tert-OH is 5. The SMILES string of the molecule is CCCCCCC/C=C/CC/C=C/CC/C=C/C(O)C(COC1OC(CO)C(O)C(O)C1O)NC(=O)CC/C=C\C/C=C\CCCCCCCCOC(=O)CCCCCCCCCCCCCC. The summed E-state index contributed by atoms with van der Waals surface area (Å²) < 4.78 is 16.6. The van der Waals surface area contributed by atoms with Gasteiger partial charge >= 0.3 is 5.97 Å². The molecule has 11 nitrogen and oxygen atoms in total. The highest BCUT2D eigenvalue weighted by Crippen LogP contribution is 2.22. The number of hydrogen-bond donors (Lipinski definition) is 6. The van der Waals surface area contributed by atoms with Gasteiger partial charge in [-0.15, -0.1) is 0 Å². The molecule has 1 aliphatic rings. The van der Waals surface area contributed by atoms with Gasteiger partial charge in [0.15, 0.2) is 6.29 Å². The van der Waals surface area contributed by atoms with Crippen LogP contribution in [0.4, 0.5) is 0 Å². The third-order valence-electron chi connectivity index (χ3n) is 12.6. The molecule has 1 saturated heterocycles. The molecule has 7 unspecified atom stereocenters. The summed E-state index contributed by atoms with van der Waals surface area (Å²) in [7, 11) is 0. The number of hydrogen-bond acceptors (Lipinski definition) is 10. The second-order valence-electron chi connectivity index (χ2n) is 18.9. The molecule has 1 rings (SSSR count). The van der Waals surface area contributed by atoms with Crippen molar-refractivity contribution in [3.8, 4) is 0 Å². The second kappa shape index (κ2) is 46.7.